The van der Waals surface area contributed by atoms with E-state index in [4.69, 9.17) is 9.47 Å². The van der Waals surface area contributed by atoms with Crippen LogP contribution in [0.4, 0.5) is 5.69 Å². The summed E-state index contributed by atoms with van der Waals surface area (Å²) in [5, 5.41) is 14.0. The molecule has 1 saturated heterocycles. The lowest BCUT2D eigenvalue weighted by atomic mass is 10.1. The Bertz CT molecular complexity index is 672. The highest BCUT2D eigenvalue weighted by Gasteiger charge is 2.29. The van der Waals surface area contributed by atoms with E-state index in [9.17, 15) is 10.1 Å². The van der Waals surface area contributed by atoms with E-state index < -0.39 is 4.92 Å². The second kappa shape index (κ2) is 6.13. The summed E-state index contributed by atoms with van der Waals surface area (Å²) in [4.78, 5) is 10.3. The van der Waals surface area contributed by atoms with E-state index in [2.05, 4.69) is 5.32 Å². The van der Waals surface area contributed by atoms with Crippen LogP contribution in [0.25, 0.3) is 0 Å². The molecular formula is C16H16N2O4. The van der Waals surface area contributed by atoms with Crippen LogP contribution in [0, 0.1) is 10.1 Å². The number of methoxy groups -OCH3 is 1. The molecule has 0 aliphatic carbocycles. The molecule has 0 radical (unpaired) electrons. The minimum atomic E-state index is -0.408. The van der Waals surface area contributed by atoms with Crippen molar-refractivity contribution in [2.45, 2.75) is 12.3 Å². The molecule has 6 heteroatoms. The Kier molecular flexibility index (Phi) is 4.04. The molecule has 2 atom stereocenters. The van der Waals surface area contributed by atoms with Crippen LogP contribution in [0.3, 0.4) is 0 Å². The Hall–Kier alpha value is -2.44. The summed E-state index contributed by atoms with van der Waals surface area (Å²) < 4.78 is 11.4. The second-order valence-electron chi connectivity index (χ2n) is 5.00. The quantitative estimate of drug-likeness (QED) is 0.694. The third kappa shape index (κ3) is 2.79. The highest BCUT2D eigenvalue weighted by molar-refractivity contribution is 5.37. The molecule has 6 nitrogen and oxygen atoms in total. The van der Waals surface area contributed by atoms with Gasteiger partial charge < -0.3 is 9.47 Å². The van der Waals surface area contributed by atoms with Gasteiger partial charge in [-0.15, -0.1) is 0 Å². The summed E-state index contributed by atoms with van der Waals surface area (Å²) in [6.07, 6.45) is -0.396. The molecule has 1 fully saturated rings. The van der Waals surface area contributed by atoms with Gasteiger partial charge in [0.1, 0.15) is 12.0 Å². The molecule has 0 amide bonds. The highest BCUT2D eigenvalue weighted by Crippen LogP contribution is 2.34. The van der Waals surface area contributed by atoms with Gasteiger partial charge in [0.2, 0.25) is 0 Å². The summed E-state index contributed by atoms with van der Waals surface area (Å²) in [6, 6.07) is 14.1. The van der Waals surface area contributed by atoms with E-state index in [1.54, 1.807) is 19.2 Å². The first kappa shape index (κ1) is 14.5. The number of benzene rings is 2. The maximum atomic E-state index is 10.7. The molecule has 1 aliphatic heterocycles. The molecule has 2 aromatic carbocycles. The molecule has 3 rings (SSSR count). The number of para-hydroxylation sites is 1. The van der Waals surface area contributed by atoms with Gasteiger partial charge in [0.15, 0.2) is 0 Å². The van der Waals surface area contributed by atoms with Gasteiger partial charge >= 0.3 is 0 Å². The Balaban J connectivity index is 1.76. The zero-order valence-corrected chi connectivity index (χ0v) is 12.1. The van der Waals surface area contributed by atoms with Crippen LogP contribution in [0.5, 0.6) is 5.75 Å². The third-order valence-corrected chi connectivity index (χ3v) is 3.69. The van der Waals surface area contributed by atoms with Gasteiger partial charge in [-0.1, -0.05) is 18.2 Å². The molecule has 22 heavy (non-hydrogen) atoms. The molecule has 1 heterocycles. The first-order chi connectivity index (χ1) is 10.7. The van der Waals surface area contributed by atoms with E-state index in [0.717, 1.165) is 16.9 Å². The Morgan fingerprint density at radius 2 is 1.95 bits per heavy atom. The topological polar surface area (TPSA) is 73.6 Å². The van der Waals surface area contributed by atoms with Crippen molar-refractivity contribution in [2.75, 3.05) is 13.7 Å². The molecule has 2 unspecified atom stereocenters. The van der Waals surface area contributed by atoms with Crippen LogP contribution < -0.4 is 10.1 Å². The van der Waals surface area contributed by atoms with Crippen LogP contribution in [-0.2, 0) is 4.74 Å². The maximum Gasteiger partial charge on any atom is 0.269 e. The average Bonchev–Trinajstić information content (AvgIpc) is 3.04. The Morgan fingerprint density at radius 3 is 2.64 bits per heavy atom. The van der Waals surface area contributed by atoms with Gasteiger partial charge in [0.05, 0.1) is 18.1 Å². The number of nitro groups is 1. The Morgan fingerprint density at radius 1 is 1.23 bits per heavy atom. The van der Waals surface area contributed by atoms with Gasteiger partial charge in [0.25, 0.3) is 5.69 Å². The summed E-state index contributed by atoms with van der Waals surface area (Å²) in [5.74, 6) is 0.768. The molecule has 0 aromatic heterocycles. The number of hydrogen-bond acceptors (Lipinski definition) is 5. The van der Waals surface area contributed by atoms with E-state index in [1.165, 1.54) is 12.1 Å². The molecule has 2 aromatic rings. The number of nitrogens with zero attached hydrogens (tertiary/aromatic N) is 1. The van der Waals surface area contributed by atoms with E-state index in [1.807, 2.05) is 24.3 Å². The molecule has 114 valence electrons. The fraction of sp³-hybridized carbons (Fsp3) is 0.250. The van der Waals surface area contributed by atoms with Crippen molar-refractivity contribution in [3.05, 3.63) is 69.8 Å². The van der Waals surface area contributed by atoms with Crippen molar-refractivity contribution in [3.63, 3.8) is 0 Å². The number of non-ortho nitro benzene ring substituents is 1. The number of ether oxygens (including phenoxy) is 2. The fourth-order valence-electron chi connectivity index (χ4n) is 2.55. The van der Waals surface area contributed by atoms with Crippen LogP contribution >= 0.6 is 0 Å². The van der Waals surface area contributed by atoms with Crippen LogP contribution in [0.1, 0.15) is 23.5 Å². The van der Waals surface area contributed by atoms with Gasteiger partial charge in [-0.2, -0.15) is 0 Å². The lowest BCUT2D eigenvalue weighted by molar-refractivity contribution is -0.384. The molecule has 1 N–H and O–H groups in total. The average molecular weight is 300 g/mol. The molecule has 1 aliphatic rings. The largest absolute Gasteiger partial charge is 0.496 e. The Labute approximate surface area is 127 Å². The molecule has 0 saturated carbocycles. The number of rotatable bonds is 4. The molecule has 0 bridgehead atoms. The summed E-state index contributed by atoms with van der Waals surface area (Å²) in [6.45, 7) is 0.639. The second-order valence-corrected chi connectivity index (χ2v) is 5.00. The summed E-state index contributed by atoms with van der Waals surface area (Å²) in [7, 11) is 1.63. The lowest BCUT2D eigenvalue weighted by Crippen LogP contribution is -2.14. The number of nitrogens with one attached hydrogen (secondary N) is 1. The zero-order chi connectivity index (χ0) is 15.5. The normalized spacial score (nSPS) is 20.8. The minimum absolute atomic E-state index is 0.0796. The van der Waals surface area contributed by atoms with E-state index >= 15 is 0 Å². The van der Waals surface area contributed by atoms with Crippen LogP contribution in [0.15, 0.2) is 48.5 Å². The van der Waals surface area contributed by atoms with Gasteiger partial charge in [-0.25, -0.2) is 0 Å². The van der Waals surface area contributed by atoms with Gasteiger partial charge in [-0.05, 0) is 23.8 Å². The van der Waals surface area contributed by atoms with Crippen molar-refractivity contribution in [1.82, 2.24) is 5.32 Å². The lowest BCUT2D eigenvalue weighted by Gasteiger charge is -2.16. The first-order valence-corrected chi connectivity index (χ1v) is 6.95. The predicted molar refractivity (Wildman–Crippen MR) is 80.7 cm³/mol. The standard InChI is InChI=1S/C16H16N2O4/c1-21-14-5-3-2-4-13(14)16-17-10-15(22-16)11-6-8-12(9-7-11)18(19)20/h2-9,15-17H,10H2,1H3. The van der Waals surface area contributed by atoms with Gasteiger partial charge in [0, 0.05) is 24.2 Å². The molecular weight excluding hydrogens is 284 g/mol. The van der Waals surface area contributed by atoms with Crippen molar-refractivity contribution in [1.29, 1.82) is 0 Å². The fourth-order valence-corrected chi connectivity index (χ4v) is 2.55. The zero-order valence-electron chi connectivity index (χ0n) is 12.1. The highest BCUT2D eigenvalue weighted by atomic mass is 16.6. The SMILES string of the molecule is COc1ccccc1C1NCC(c2ccc([N+](=O)[O-])cc2)O1. The number of nitro benzene ring substituents is 1. The van der Waals surface area contributed by atoms with Crippen molar-refractivity contribution in [3.8, 4) is 5.75 Å². The third-order valence-electron chi connectivity index (χ3n) is 3.69. The monoisotopic (exact) mass is 300 g/mol. The first-order valence-electron chi connectivity index (χ1n) is 6.95. The van der Waals surface area contributed by atoms with E-state index in [0.29, 0.717) is 6.54 Å². The smallest absolute Gasteiger partial charge is 0.269 e. The summed E-state index contributed by atoms with van der Waals surface area (Å²) in [5.41, 5.74) is 1.93. The van der Waals surface area contributed by atoms with Crippen LogP contribution in [0.2, 0.25) is 0 Å². The van der Waals surface area contributed by atoms with E-state index in [-0.39, 0.29) is 18.0 Å². The predicted octanol–water partition coefficient (Wildman–Crippen LogP) is 2.96. The van der Waals surface area contributed by atoms with Crippen molar-refractivity contribution >= 4 is 5.69 Å². The van der Waals surface area contributed by atoms with Gasteiger partial charge in [-0.3, -0.25) is 15.4 Å². The van der Waals surface area contributed by atoms with Crippen LogP contribution in [-0.4, -0.2) is 18.6 Å². The summed E-state index contributed by atoms with van der Waals surface area (Å²) >= 11 is 0. The van der Waals surface area contributed by atoms with Crippen molar-refractivity contribution in [2.24, 2.45) is 0 Å². The maximum absolute atomic E-state index is 10.7. The number of hydrogen-bond donors (Lipinski definition) is 1. The van der Waals surface area contributed by atoms with Crippen molar-refractivity contribution < 1.29 is 14.4 Å². The minimum Gasteiger partial charge on any atom is -0.496 e. The molecule has 0 spiro atoms.